The van der Waals surface area contributed by atoms with E-state index in [1.807, 2.05) is 31.2 Å². The van der Waals surface area contributed by atoms with Crippen LogP contribution in [-0.4, -0.2) is 24.1 Å². The molecule has 0 saturated carbocycles. The average molecular weight is 497 g/mol. The number of amides is 2. The highest BCUT2D eigenvalue weighted by atomic mass is 79.9. The van der Waals surface area contributed by atoms with E-state index in [4.69, 9.17) is 4.74 Å². The Hall–Kier alpha value is -2.19. The summed E-state index contributed by atoms with van der Waals surface area (Å²) in [6, 6.07) is 12.8. The molecule has 142 valence electrons. The van der Waals surface area contributed by atoms with Gasteiger partial charge in [0.1, 0.15) is 5.75 Å². The van der Waals surface area contributed by atoms with E-state index in [1.165, 1.54) is 0 Å². The van der Waals surface area contributed by atoms with Crippen molar-refractivity contribution in [3.8, 4) is 5.75 Å². The van der Waals surface area contributed by atoms with Crippen molar-refractivity contribution in [2.24, 2.45) is 5.10 Å². The lowest BCUT2D eigenvalue weighted by atomic mass is 10.2. The molecule has 2 amide bonds. The van der Waals surface area contributed by atoms with E-state index in [-0.39, 0.29) is 18.9 Å². The van der Waals surface area contributed by atoms with E-state index < -0.39 is 5.91 Å². The Morgan fingerprint density at radius 2 is 1.70 bits per heavy atom. The van der Waals surface area contributed by atoms with Crippen LogP contribution >= 0.6 is 31.9 Å². The minimum atomic E-state index is -0.398. The standard InChI is InChI=1S/C19H19Br2N3O3/c1-12-9-15(21)5-8-17(12)27-11-19(26)24-23-13(2)10-18(25)22-16-6-3-14(20)4-7-16/h3-9H,10-11H2,1-2H3,(H,22,25)(H,24,26)/b23-13+. The van der Waals surface area contributed by atoms with Crippen LogP contribution < -0.4 is 15.5 Å². The Balaban J connectivity index is 1.77. The van der Waals surface area contributed by atoms with E-state index in [1.54, 1.807) is 25.1 Å². The molecule has 2 rings (SSSR count). The third-order valence-electron chi connectivity index (χ3n) is 3.41. The molecule has 2 N–H and O–H groups in total. The number of hydrogen-bond donors (Lipinski definition) is 2. The molecule has 0 aromatic heterocycles. The van der Waals surface area contributed by atoms with Gasteiger partial charge in [-0.3, -0.25) is 9.59 Å². The highest BCUT2D eigenvalue weighted by Crippen LogP contribution is 2.22. The number of halogens is 2. The SMILES string of the molecule is C/C(CC(=O)Nc1ccc(Br)cc1)=N\NC(=O)COc1ccc(Br)cc1C. The molecule has 0 fully saturated rings. The van der Waals surface area contributed by atoms with Gasteiger partial charge in [-0.15, -0.1) is 0 Å². The highest BCUT2D eigenvalue weighted by molar-refractivity contribution is 9.10. The molecule has 0 aliphatic heterocycles. The number of nitrogens with zero attached hydrogens (tertiary/aromatic N) is 1. The molecule has 0 spiro atoms. The lowest BCUT2D eigenvalue weighted by molar-refractivity contribution is -0.123. The first-order valence-electron chi connectivity index (χ1n) is 8.10. The van der Waals surface area contributed by atoms with E-state index >= 15 is 0 Å². The molecule has 2 aromatic carbocycles. The summed E-state index contributed by atoms with van der Waals surface area (Å²) in [5, 5.41) is 6.69. The first-order valence-corrected chi connectivity index (χ1v) is 9.68. The van der Waals surface area contributed by atoms with Crippen molar-refractivity contribution in [1.29, 1.82) is 0 Å². The third kappa shape index (κ3) is 7.52. The van der Waals surface area contributed by atoms with Gasteiger partial charge in [0.15, 0.2) is 6.61 Å². The van der Waals surface area contributed by atoms with Crippen molar-refractivity contribution in [1.82, 2.24) is 5.43 Å². The van der Waals surface area contributed by atoms with Crippen molar-refractivity contribution < 1.29 is 14.3 Å². The van der Waals surface area contributed by atoms with Crippen molar-refractivity contribution in [3.63, 3.8) is 0 Å². The first kappa shape index (κ1) is 21.1. The van der Waals surface area contributed by atoms with E-state index in [0.717, 1.165) is 14.5 Å². The molecule has 0 atom stereocenters. The summed E-state index contributed by atoms with van der Waals surface area (Å²) < 4.78 is 7.35. The van der Waals surface area contributed by atoms with Crippen LogP contribution in [0, 0.1) is 6.92 Å². The molecular formula is C19H19Br2N3O3. The fraction of sp³-hybridized carbons (Fsp3) is 0.211. The zero-order valence-corrected chi connectivity index (χ0v) is 18.1. The molecule has 0 saturated heterocycles. The van der Waals surface area contributed by atoms with Crippen LogP contribution in [-0.2, 0) is 9.59 Å². The number of benzene rings is 2. The van der Waals surface area contributed by atoms with Crippen molar-refractivity contribution >= 4 is 55.1 Å². The number of hydrogen-bond acceptors (Lipinski definition) is 4. The number of nitrogens with one attached hydrogen (secondary N) is 2. The monoisotopic (exact) mass is 495 g/mol. The highest BCUT2D eigenvalue weighted by Gasteiger charge is 2.07. The van der Waals surface area contributed by atoms with Crippen LogP contribution in [0.4, 0.5) is 5.69 Å². The van der Waals surface area contributed by atoms with Crippen LogP contribution in [0.15, 0.2) is 56.5 Å². The minimum Gasteiger partial charge on any atom is -0.483 e. The van der Waals surface area contributed by atoms with Gasteiger partial charge in [-0.2, -0.15) is 5.10 Å². The Bertz CT molecular complexity index is 852. The van der Waals surface area contributed by atoms with Gasteiger partial charge in [-0.1, -0.05) is 31.9 Å². The maximum atomic E-state index is 12.0. The van der Waals surface area contributed by atoms with Crippen LogP contribution in [0.2, 0.25) is 0 Å². The summed E-state index contributed by atoms with van der Waals surface area (Å²) in [4.78, 5) is 23.8. The van der Waals surface area contributed by atoms with Gasteiger partial charge < -0.3 is 10.1 Å². The molecule has 0 aliphatic rings. The first-order chi connectivity index (χ1) is 12.8. The van der Waals surface area contributed by atoms with Crippen LogP contribution in [0.25, 0.3) is 0 Å². The second kappa shape index (κ2) is 10.2. The molecule has 8 heteroatoms. The zero-order valence-electron chi connectivity index (χ0n) is 14.9. The summed E-state index contributed by atoms with van der Waals surface area (Å²) in [6.07, 6.45) is 0.0724. The predicted octanol–water partition coefficient (Wildman–Crippen LogP) is 4.42. The number of rotatable bonds is 7. The molecule has 0 heterocycles. The summed E-state index contributed by atoms with van der Waals surface area (Å²) in [5.74, 6) is 0.0162. The maximum Gasteiger partial charge on any atom is 0.277 e. The normalized spacial score (nSPS) is 11.0. The molecule has 0 unspecified atom stereocenters. The maximum absolute atomic E-state index is 12.0. The lowest BCUT2D eigenvalue weighted by Crippen LogP contribution is -2.26. The second-order valence-corrected chi connectivity index (χ2v) is 7.64. The number of carbonyl (C=O) groups excluding carboxylic acids is 2. The van der Waals surface area contributed by atoms with Gasteiger partial charge in [0.05, 0.1) is 6.42 Å². The average Bonchev–Trinajstić information content (AvgIpc) is 2.61. The number of carbonyl (C=O) groups is 2. The summed E-state index contributed by atoms with van der Waals surface area (Å²) in [6.45, 7) is 3.40. The van der Waals surface area contributed by atoms with Gasteiger partial charge in [0.25, 0.3) is 5.91 Å². The molecule has 27 heavy (non-hydrogen) atoms. The van der Waals surface area contributed by atoms with Crippen molar-refractivity contribution in [2.45, 2.75) is 20.3 Å². The lowest BCUT2D eigenvalue weighted by Gasteiger charge is -2.09. The Labute approximate surface area is 174 Å². The van der Waals surface area contributed by atoms with Crippen LogP contribution in [0.5, 0.6) is 5.75 Å². The molecule has 0 bridgehead atoms. The fourth-order valence-corrected chi connectivity index (χ4v) is 2.86. The van der Waals surface area contributed by atoms with E-state index in [9.17, 15) is 9.59 Å². The smallest absolute Gasteiger partial charge is 0.277 e. The Morgan fingerprint density at radius 3 is 2.37 bits per heavy atom. The van der Waals surface area contributed by atoms with Gasteiger partial charge in [0.2, 0.25) is 5.91 Å². The molecule has 2 aromatic rings. The zero-order chi connectivity index (χ0) is 19.8. The van der Waals surface area contributed by atoms with Gasteiger partial charge >= 0.3 is 0 Å². The minimum absolute atomic E-state index is 0.0724. The van der Waals surface area contributed by atoms with E-state index in [2.05, 4.69) is 47.7 Å². The van der Waals surface area contributed by atoms with Crippen LogP contribution in [0.1, 0.15) is 18.9 Å². The van der Waals surface area contributed by atoms with Crippen molar-refractivity contribution in [2.75, 3.05) is 11.9 Å². The summed E-state index contributed by atoms with van der Waals surface area (Å²) in [7, 11) is 0. The van der Waals surface area contributed by atoms with Crippen molar-refractivity contribution in [3.05, 3.63) is 57.0 Å². The number of hydrazone groups is 1. The largest absolute Gasteiger partial charge is 0.483 e. The Kier molecular flexibility index (Phi) is 7.99. The predicted molar refractivity (Wildman–Crippen MR) is 113 cm³/mol. The second-order valence-electron chi connectivity index (χ2n) is 5.81. The third-order valence-corrected chi connectivity index (χ3v) is 4.43. The topological polar surface area (TPSA) is 79.8 Å². The molecule has 0 aliphatic carbocycles. The number of ether oxygens (including phenoxy) is 1. The summed E-state index contributed by atoms with van der Waals surface area (Å²) >= 11 is 6.71. The fourth-order valence-electron chi connectivity index (χ4n) is 2.12. The molecule has 6 nitrogen and oxygen atoms in total. The van der Waals surface area contributed by atoms with Gasteiger partial charge in [-0.05, 0) is 61.9 Å². The van der Waals surface area contributed by atoms with E-state index in [0.29, 0.717) is 17.1 Å². The van der Waals surface area contributed by atoms with Crippen LogP contribution in [0.3, 0.4) is 0 Å². The van der Waals surface area contributed by atoms with Gasteiger partial charge in [-0.25, -0.2) is 5.43 Å². The quantitative estimate of drug-likeness (QED) is 0.439. The summed E-state index contributed by atoms with van der Waals surface area (Å²) in [5.41, 5.74) is 4.48. The van der Waals surface area contributed by atoms with Gasteiger partial charge in [0, 0.05) is 20.3 Å². The molecule has 0 radical (unpaired) electrons. The number of anilines is 1. The Morgan fingerprint density at radius 1 is 1.04 bits per heavy atom. The molecular weight excluding hydrogens is 478 g/mol. The number of aryl methyl sites for hydroxylation is 1.